The van der Waals surface area contributed by atoms with E-state index in [9.17, 15) is 9.59 Å². The molecule has 1 saturated carbocycles. The number of aromatic nitrogens is 1. The normalized spacial score (nSPS) is 18.0. The lowest BCUT2D eigenvalue weighted by Crippen LogP contribution is -2.44. The van der Waals surface area contributed by atoms with Gasteiger partial charge in [-0.05, 0) is 44.7 Å². The smallest absolute Gasteiger partial charge is 0.236 e. The van der Waals surface area contributed by atoms with E-state index in [2.05, 4.69) is 4.98 Å². The average Bonchev–Trinajstić information content (AvgIpc) is 3.44. The fourth-order valence-electron chi connectivity index (χ4n) is 3.47. The van der Waals surface area contributed by atoms with Crippen LogP contribution in [0.4, 0.5) is 10.8 Å². The summed E-state index contributed by atoms with van der Waals surface area (Å²) in [4.78, 5) is 33.8. The van der Waals surface area contributed by atoms with Crippen LogP contribution in [0.25, 0.3) is 0 Å². The van der Waals surface area contributed by atoms with Crippen LogP contribution in [0.1, 0.15) is 31.4 Å². The highest BCUT2D eigenvalue weighted by atomic mass is 32.1. The molecule has 6 heteroatoms. The largest absolute Gasteiger partial charge is 0.342 e. The fraction of sp³-hybridized carbons (Fsp3) is 0.450. The maximum absolute atomic E-state index is 13.3. The molecule has 1 aromatic carbocycles. The molecule has 4 rings (SSSR count). The number of likely N-dealkylation sites (tertiary alicyclic amines) is 1. The summed E-state index contributed by atoms with van der Waals surface area (Å²) < 4.78 is 0. The minimum Gasteiger partial charge on any atom is -0.342 e. The molecule has 0 bridgehead atoms. The Balaban J connectivity index is 1.51. The Morgan fingerprint density at radius 2 is 1.77 bits per heavy atom. The highest BCUT2D eigenvalue weighted by molar-refractivity contribution is 7.14. The molecule has 0 spiro atoms. The van der Waals surface area contributed by atoms with Gasteiger partial charge < -0.3 is 4.90 Å². The number of benzene rings is 1. The Kier molecular flexibility index (Phi) is 4.76. The molecule has 1 saturated heterocycles. The van der Waals surface area contributed by atoms with Crippen molar-refractivity contribution in [2.45, 2.75) is 32.6 Å². The molecule has 0 atom stereocenters. The summed E-state index contributed by atoms with van der Waals surface area (Å²) in [5.41, 5.74) is 1.77. The molecular formula is C20H23N3O2S. The van der Waals surface area contributed by atoms with Crippen LogP contribution >= 0.6 is 11.3 Å². The first-order valence-corrected chi connectivity index (χ1v) is 10.1. The third kappa shape index (κ3) is 3.51. The SMILES string of the molecule is Cc1csc(N(C(=O)C2CCN(C(=O)C3CC3)CC2)c2ccccc2)n1. The second-order valence-electron chi connectivity index (χ2n) is 7.15. The van der Waals surface area contributed by atoms with Gasteiger partial charge in [0.15, 0.2) is 5.13 Å². The second-order valence-corrected chi connectivity index (χ2v) is 7.99. The zero-order valence-electron chi connectivity index (χ0n) is 14.9. The van der Waals surface area contributed by atoms with Crippen molar-refractivity contribution >= 4 is 34.0 Å². The van der Waals surface area contributed by atoms with Crippen LogP contribution < -0.4 is 4.90 Å². The summed E-state index contributed by atoms with van der Waals surface area (Å²) in [5.74, 6) is 0.555. The van der Waals surface area contributed by atoms with E-state index in [1.807, 2.05) is 47.5 Å². The third-order valence-electron chi connectivity index (χ3n) is 5.12. The lowest BCUT2D eigenvalue weighted by Gasteiger charge is -2.33. The summed E-state index contributed by atoms with van der Waals surface area (Å²) in [6.07, 6.45) is 3.52. The zero-order valence-corrected chi connectivity index (χ0v) is 15.7. The number of carbonyl (C=O) groups excluding carboxylic acids is 2. The van der Waals surface area contributed by atoms with E-state index in [0.29, 0.717) is 13.1 Å². The molecule has 2 aromatic rings. The van der Waals surface area contributed by atoms with Crippen LogP contribution in [0.2, 0.25) is 0 Å². The Labute approximate surface area is 157 Å². The first-order valence-electron chi connectivity index (χ1n) is 9.23. The van der Waals surface area contributed by atoms with Gasteiger partial charge in [-0.2, -0.15) is 0 Å². The van der Waals surface area contributed by atoms with Crippen molar-refractivity contribution in [2.75, 3.05) is 18.0 Å². The van der Waals surface area contributed by atoms with E-state index in [1.54, 1.807) is 4.90 Å². The first kappa shape index (κ1) is 17.2. The summed E-state index contributed by atoms with van der Waals surface area (Å²) in [7, 11) is 0. The molecule has 0 radical (unpaired) electrons. The predicted octanol–water partition coefficient (Wildman–Crippen LogP) is 3.76. The number of amides is 2. The van der Waals surface area contributed by atoms with Gasteiger partial charge in [0.2, 0.25) is 11.8 Å². The molecule has 26 heavy (non-hydrogen) atoms. The van der Waals surface area contributed by atoms with Crippen molar-refractivity contribution in [1.29, 1.82) is 0 Å². The second kappa shape index (κ2) is 7.19. The van der Waals surface area contributed by atoms with Crippen molar-refractivity contribution in [2.24, 2.45) is 11.8 Å². The molecule has 0 N–H and O–H groups in total. The molecule has 0 unspecified atom stereocenters. The van der Waals surface area contributed by atoms with Crippen molar-refractivity contribution < 1.29 is 9.59 Å². The van der Waals surface area contributed by atoms with Gasteiger partial charge in [-0.25, -0.2) is 4.98 Å². The van der Waals surface area contributed by atoms with Crippen LogP contribution in [0.5, 0.6) is 0 Å². The number of rotatable bonds is 4. The van der Waals surface area contributed by atoms with Gasteiger partial charge >= 0.3 is 0 Å². The number of hydrogen-bond donors (Lipinski definition) is 0. The van der Waals surface area contributed by atoms with Crippen molar-refractivity contribution in [3.63, 3.8) is 0 Å². The lowest BCUT2D eigenvalue weighted by atomic mass is 9.95. The Morgan fingerprint density at radius 3 is 2.35 bits per heavy atom. The molecule has 1 aliphatic heterocycles. The monoisotopic (exact) mass is 369 g/mol. The molecule has 2 aliphatic rings. The highest BCUT2D eigenvalue weighted by Gasteiger charge is 2.37. The first-order chi connectivity index (χ1) is 12.6. The molecule has 1 aliphatic carbocycles. The van der Waals surface area contributed by atoms with E-state index in [-0.39, 0.29) is 23.7 Å². The molecular weight excluding hydrogens is 346 g/mol. The molecule has 5 nitrogen and oxygen atoms in total. The summed E-state index contributed by atoms with van der Waals surface area (Å²) in [6.45, 7) is 3.31. The van der Waals surface area contributed by atoms with Crippen molar-refractivity contribution in [1.82, 2.24) is 9.88 Å². The van der Waals surface area contributed by atoms with E-state index < -0.39 is 0 Å². The molecule has 2 fully saturated rings. The number of anilines is 2. The molecule has 2 heterocycles. The third-order valence-corrected chi connectivity index (χ3v) is 6.06. The summed E-state index contributed by atoms with van der Waals surface area (Å²) in [5, 5.41) is 2.69. The van der Waals surface area contributed by atoms with E-state index in [1.165, 1.54) is 11.3 Å². The topological polar surface area (TPSA) is 53.5 Å². The quantitative estimate of drug-likeness (QED) is 0.824. The predicted molar refractivity (Wildman–Crippen MR) is 102 cm³/mol. The minimum absolute atomic E-state index is 0.0670. The van der Waals surface area contributed by atoms with Gasteiger partial charge in [0, 0.05) is 30.3 Å². The number of hydrogen-bond acceptors (Lipinski definition) is 4. The Bertz CT molecular complexity index is 792. The van der Waals surface area contributed by atoms with E-state index >= 15 is 0 Å². The fourth-order valence-corrected chi connectivity index (χ4v) is 4.30. The standard InChI is InChI=1S/C20H23N3O2S/c1-14-13-26-20(21-14)23(17-5-3-2-4-6-17)19(25)16-9-11-22(12-10-16)18(24)15-7-8-15/h2-6,13,15-16H,7-12H2,1H3. The van der Waals surface area contributed by atoms with Gasteiger partial charge in [-0.1, -0.05) is 18.2 Å². The van der Waals surface area contributed by atoms with E-state index in [0.717, 1.165) is 42.2 Å². The van der Waals surface area contributed by atoms with Crippen LogP contribution in [0, 0.1) is 18.8 Å². The lowest BCUT2D eigenvalue weighted by molar-refractivity contribution is -0.135. The van der Waals surface area contributed by atoms with Crippen molar-refractivity contribution in [3.8, 4) is 0 Å². The van der Waals surface area contributed by atoms with Gasteiger partial charge in [0.05, 0.1) is 11.4 Å². The number of nitrogens with zero attached hydrogens (tertiary/aromatic N) is 3. The number of para-hydroxylation sites is 1. The zero-order chi connectivity index (χ0) is 18.1. The number of thiazole rings is 1. The van der Waals surface area contributed by atoms with Crippen LogP contribution in [-0.4, -0.2) is 34.8 Å². The van der Waals surface area contributed by atoms with E-state index in [4.69, 9.17) is 0 Å². The minimum atomic E-state index is -0.0670. The average molecular weight is 369 g/mol. The van der Waals surface area contributed by atoms with Crippen LogP contribution in [-0.2, 0) is 9.59 Å². The highest BCUT2D eigenvalue weighted by Crippen LogP contribution is 2.35. The number of carbonyl (C=O) groups is 2. The number of piperidine rings is 1. The molecule has 2 amide bonds. The summed E-state index contributed by atoms with van der Waals surface area (Å²) in [6, 6.07) is 9.71. The Morgan fingerprint density at radius 1 is 1.08 bits per heavy atom. The summed E-state index contributed by atoms with van der Waals surface area (Å²) >= 11 is 1.49. The van der Waals surface area contributed by atoms with Crippen LogP contribution in [0.15, 0.2) is 35.7 Å². The molecule has 136 valence electrons. The van der Waals surface area contributed by atoms with Gasteiger partial charge in [-0.15, -0.1) is 11.3 Å². The van der Waals surface area contributed by atoms with Gasteiger partial charge in [0.1, 0.15) is 0 Å². The van der Waals surface area contributed by atoms with Crippen molar-refractivity contribution in [3.05, 3.63) is 41.4 Å². The molecule has 1 aromatic heterocycles. The van der Waals surface area contributed by atoms with Gasteiger partial charge in [0.25, 0.3) is 0 Å². The Hall–Kier alpha value is -2.21. The van der Waals surface area contributed by atoms with Crippen LogP contribution in [0.3, 0.4) is 0 Å². The van der Waals surface area contributed by atoms with Gasteiger partial charge in [-0.3, -0.25) is 14.5 Å². The number of aryl methyl sites for hydroxylation is 1. The maximum atomic E-state index is 13.3. The maximum Gasteiger partial charge on any atom is 0.236 e.